The van der Waals surface area contributed by atoms with Crippen LogP contribution in [0.15, 0.2) is 48.9 Å². The van der Waals surface area contributed by atoms with Gasteiger partial charge in [-0.15, -0.1) is 0 Å². The predicted octanol–water partition coefficient (Wildman–Crippen LogP) is 3.43. The van der Waals surface area contributed by atoms with Crippen molar-refractivity contribution in [1.29, 1.82) is 0 Å². The zero-order chi connectivity index (χ0) is 28.1. The molecule has 0 radical (unpaired) electrons. The summed E-state index contributed by atoms with van der Waals surface area (Å²) >= 11 is 0. The second-order valence-electron chi connectivity index (χ2n) is 9.04. The normalized spacial score (nSPS) is 17.5. The Hall–Kier alpha value is -4.62. The van der Waals surface area contributed by atoms with Crippen LogP contribution in [0.25, 0.3) is 16.8 Å². The van der Waals surface area contributed by atoms with Gasteiger partial charge in [0.2, 0.25) is 0 Å². The van der Waals surface area contributed by atoms with E-state index in [9.17, 15) is 31.5 Å². The lowest BCUT2D eigenvalue weighted by molar-refractivity contribution is -0.136. The quantitative estimate of drug-likeness (QED) is 0.380. The molecule has 0 spiro atoms. The number of fused-ring (bicyclic) bond motifs is 1. The summed E-state index contributed by atoms with van der Waals surface area (Å²) in [6, 6.07) is 6.22. The predicted molar refractivity (Wildman–Crippen MR) is 129 cm³/mol. The van der Waals surface area contributed by atoms with Gasteiger partial charge in [-0.3, -0.25) is 14.6 Å². The first-order valence-corrected chi connectivity index (χ1v) is 11.6. The van der Waals surface area contributed by atoms with E-state index in [2.05, 4.69) is 20.4 Å². The van der Waals surface area contributed by atoms with Crippen LogP contribution < -0.4 is 11.1 Å². The maximum absolute atomic E-state index is 14.8. The molecule has 2 atom stereocenters. The van der Waals surface area contributed by atoms with Gasteiger partial charge < -0.3 is 16.0 Å². The molecular formula is C25H20F5N7O2. The molecule has 0 bridgehead atoms. The molecule has 39 heavy (non-hydrogen) atoms. The average molecular weight is 545 g/mol. The molecule has 1 aliphatic heterocycles. The first-order chi connectivity index (χ1) is 18.4. The molecule has 2 amide bonds. The molecule has 9 nitrogen and oxygen atoms in total. The minimum atomic E-state index is -4.74. The summed E-state index contributed by atoms with van der Waals surface area (Å²) in [7, 11) is 0. The van der Waals surface area contributed by atoms with Gasteiger partial charge in [0.05, 0.1) is 23.8 Å². The molecule has 1 fully saturated rings. The highest BCUT2D eigenvalue weighted by molar-refractivity contribution is 5.97. The lowest BCUT2D eigenvalue weighted by atomic mass is 10.0. The van der Waals surface area contributed by atoms with Gasteiger partial charge in [-0.25, -0.2) is 18.3 Å². The van der Waals surface area contributed by atoms with Crippen molar-refractivity contribution in [3.05, 3.63) is 77.1 Å². The van der Waals surface area contributed by atoms with Gasteiger partial charge in [-0.05, 0) is 30.7 Å². The monoisotopic (exact) mass is 545 g/mol. The summed E-state index contributed by atoms with van der Waals surface area (Å²) in [6.45, 7) is 1.10. The van der Waals surface area contributed by atoms with Crippen LogP contribution >= 0.6 is 0 Å². The van der Waals surface area contributed by atoms with Gasteiger partial charge >= 0.3 is 6.18 Å². The number of anilines is 1. The number of aromatic nitrogens is 4. The number of nitrogen functional groups attached to an aromatic ring is 1. The lowest BCUT2D eigenvalue weighted by Gasteiger charge is -2.17. The van der Waals surface area contributed by atoms with Crippen LogP contribution in [-0.4, -0.2) is 61.6 Å². The Labute approximate surface area is 217 Å². The molecule has 4 aromatic rings. The van der Waals surface area contributed by atoms with Crippen LogP contribution in [0, 0.1) is 12.7 Å². The highest BCUT2D eigenvalue weighted by atomic mass is 19.4. The molecule has 14 heteroatoms. The Morgan fingerprint density at radius 2 is 1.87 bits per heavy atom. The van der Waals surface area contributed by atoms with E-state index in [0.29, 0.717) is 5.56 Å². The van der Waals surface area contributed by atoms with Gasteiger partial charge in [0, 0.05) is 29.9 Å². The molecule has 0 saturated carbocycles. The molecule has 0 aliphatic carbocycles. The minimum absolute atomic E-state index is 0.0177. The number of hydrogen-bond donors (Lipinski definition) is 2. The number of alkyl halides is 4. The molecule has 1 aliphatic rings. The lowest BCUT2D eigenvalue weighted by Crippen LogP contribution is -2.42. The van der Waals surface area contributed by atoms with Crippen LogP contribution in [0.2, 0.25) is 0 Å². The van der Waals surface area contributed by atoms with E-state index in [4.69, 9.17) is 5.73 Å². The van der Waals surface area contributed by atoms with Crippen molar-refractivity contribution in [1.82, 2.24) is 29.8 Å². The third-order valence-electron chi connectivity index (χ3n) is 6.46. The third-order valence-corrected chi connectivity index (χ3v) is 6.46. The number of carbonyl (C=O) groups excluding carboxylic acids is 2. The first-order valence-electron chi connectivity index (χ1n) is 11.6. The van der Waals surface area contributed by atoms with E-state index < -0.39 is 47.1 Å². The smallest absolute Gasteiger partial charge is 0.382 e. The number of nitrogens with zero attached hydrogens (tertiary/aromatic N) is 5. The summed E-state index contributed by atoms with van der Waals surface area (Å²) in [6.07, 6.45) is -4.22. The minimum Gasteiger partial charge on any atom is -0.382 e. The van der Waals surface area contributed by atoms with E-state index in [1.165, 1.54) is 18.2 Å². The molecule has 5 rings (SSSR count). The maximum atomic E-state index is 14.8. The summed E-state index contributed by atoms with van der Waals surface area (Å²) in [4.78, 5) is 34.3. The van der Waals surface area contributed by atoms with Gasteiger partial charge in [0.1, 0.15) is 29.5 Å². The van der Waals surface area contributed by atoms with Crippen LogP contribution in [0.4, 0.5) is 27.8 Å². The van der Waals surface area contributed by atoms with Crippen molar-refractivity contribution in [2.24, 2.45) is 0 Å². The number of rotatable bonds is 4. The molecule has 3 aromatic heterocycles. The molecule has 4 heterocycles. The number of hydrogen-bond acceptors (Lipinski definition) is 6. The number of benzene rings is 1. The van der Waals surface area contributed by atoms with Crippen molar-refractivity contribution < 1.29 is 31.5 Å². The topological polar surface area (TPSA) is 119 Å². The van der Waals surface area contributed by atoms with Crippen molar-refractivity contribution >= 4 is 23.1 Å². The van der Waals surface area contributed by atoms with Crippen LogP contribution in [0.3, 0.4) is 0 Å². The summed E-state index contributed by atoms with van der Waals surface area (Å²) < 4.78 is 70.4. The van der Waals surface area contributed by atoms with E-state index in [0.717, 1.165) is 40.1 Å². The number of aryl methyl sites for hydroxylation is 1. The highest BCUT2D eigenvalue weighted by Crippen LogP contribution is 2.38. The van der Waals surface area contributed by atoms with Crippen LogP contribution in [0.1, 0.15) is 32.0 Å². The van der Waals surface area contributed by atoms with E-state index in [1.807, 2.05) is 0 Å². The highest BCUT2D eigenvalue weighted by Gasteiger charge is 2.38. The first kappa shape index (κ1) is 26.0. The van der Waals surface area contributed by atoms with Crippen molar-refractivity contribution in [3.63, 3.8) is 0 Å². The molecule has 202 valence electrons. The number of carbonyl (C=O) groups is 2. The zero-order valence-electron chi connectivity index (χ0n) is 20.2. The second kappa shape index (κ2) is 9.60. The number of halogens is 5. The number of likely N-dealkylation sites (tertiary alicyclic amines) is 1. The molecular weight excluding hydrogens is 525 g/mol. The average Bonchev–Trinajstić information content (AvgIpc) is 3.45. The van der Waals surface area contributed by atoms with E-state index in [-0.39, 0.29) is 41.4 Å². The van der Waals surface area contributed by atoms with E-state index >= 15 is 0 Å². The maximum Gasteiger partial charge on any atom is 0.418 e. The zero-order valence-corrected chi connectivity index (χ0v) is 20.2. The van der Waals surface area contributed by atoms with Gasteiger partial charge in [0.15, 0.2) is 5.82 Å². The van der Waals surface area contributed by atoms with Crippen molar-refractivity contribution in [3.8, 4) is 11.3 Å². The van der Waals surface area contributed by atoms with Crippen molar-refractivity contribution in [2.75, 3.05) is 18.8 Å². The second-order valence-corrected chi connectivity index (χ2v) is 9.04. The molecule has 0 unspecified atom stereocenters. The largest absolute Gasteiger partial charge is 0.418 e. The standard InChI is InChI=1S/C25H20F5N7O2/c1-12-2-3-13(20-8-16(25(28,29)30)21-22(31)33-11-34-37(20)21)6-15(12)23(38)35-19-10-36(9-17(19)27)24(39)18-7-14(26)4-5-32-18/h2-8,11,17,19H,9-10H2,1H3,(H,35,38)(H2,31,33,34)/t17-,19+/m0/s1. The Morgan fingerprint density at radius 3 is 2.59 bits per heavy atom. The Bertz CT molecular complexity index is 1600. The van der Waals surface area contributed by atoms with Crippen molar-refractivity contribution in [2.45, 2.75) is 25.3 Å². The number of pyridine rings is 1. The summed E-state index contributed by atoms with van der Waals surface area (Å²) in [5.74, 6) is -2.41. The van der Waals surface area contributed by atoms with E-state index in [1.54, 1.807) is 6.92 Å². The molecule has 1 saturated heterocycles. The number of amides is 2. The van der Waals surface area contributed by atoms with Crippen LogP contribution in [0.5, 0.6) is 0 Å². The van der Waals surface area contributed by atoms with Crippen LogP contribution in [-0.2, 0) is 6.18 Å². The molecule has 3 N–H and O–H groups in total. The summed E-state index contributed by atoms with van der Waals surface area (Å²) in [5, 5.41) is 6.46. The Kier molecular flexibility index (Phi) is 6.40. The van der Waals surface area contributed by atoms with Gasteiger partial charge in [-0.1, -0.05) is 12.1 Å². The number of nitrogens with two attached hydrogens (primary N) is 1. The Morgan fingerprint density at radius 1 is 1.10 bits per heavy atom. The third kappa shape index (κ3) is 4.84. The summed E-state index contributed by atoms with van der Waals surface area (Å²) in [5.41, 5.74) is 4.87. The fourth-order valence-electron chi connectivity index (χ4n) is 4.51. The SMILES string of the molecule is Cc1ccc(-c2cc(C(F)(F)F)c3c(N)ncnn23)cc1C(=O)N[C@@H]1CN(C(=O)c2cc(F)ccn2)C[C@@H]1F. The number of nitrogens with one attached hydrogen (secondary N) is 1. The van der Waals surface area contributed by atoms with Gasteiger partial charge in [0.25, 0.3) is 11.8 Å². The van der Waals surface area contributed by atoms with Gasteiger partial charge in [-0.2, -0.15) is 18.3 Å². The fourth-order valence-corrected chi connectivity index (χ4v) is 4.51. The fraction of sp³-hybridized carbons (Fsp3) is 0.240. The molecule has 1 aromatic carbocycles. The Balaban J connectivity index is 1.41.